The minimum absolute atomic E-state index is 0.0120. The maximum atomic E-state index is 12.4. The molecule has 106 valence electrons. The largest absolute Gasteiger partial charge is 0.329 e. The summed E-state index contributed by atoms with van der Waals surface area (Å²) in [4.78, 5) is -0.0120. The number of sulfonamides is 1. The molecule has 2 rings (SSSR count). The van der Waals surface area contributed by atoms with Crippen LogP contribution in [-0.4, -0.2) is 20.5 Å². The van der Waals surface area contributed by atoms with Crippen molar-refractivity contribution in [2.24, 2.45) is 11.7 Å². The summed E-state index contributed by atoms with van der Waals surface area (Å²) in [5, 5.41) is 0.247. The zero-order valence-corrected chi connectivity index (χ0v) is 12.8. The third kappa shape index (κ3) is 3.06. The van der Waals surface area contributed by atoms with Gasteiger partial charge in [0.1, 0.15) is 4.90 Å². The Hall–Kier alpha value is -0.330. The van der Waals surface area contributed by atoms with Gasteiger partial charge in [-0.1, -0.05) is 29.3 Å². The molecule has 0 amide bonds. The molecule has 7 heteroatoms. The van der Waals surface area contributed by atoms with Crippen LogP contribution < -0.4 is 10.5 Å². The van der Waals surface area contributed by atoms with Crippen LogP contribution in [0.25, 0.3) is 0 Å². The van der Waals surface area contributed by atoms with Crippen LogP contribution in [0.3, 0.4) is 0 Å². The number of benzene rings is 1. The van der Waals surface area contributed by atoms with Gasteiger partial charge in [-0.15, -0.1) is 0 Å². The second-order valence-corrected chi connectivity index (χ2v) is 7.49. The van der Waals surface area contributed by atoms with E-state index in [-0.39, 0.29) is 27.4 Å². The van der Waals surface area contributed by atoms with Gasteiger partial charge in [0.2, 0.25) is 10.0 Å². The lowest BCUT2D eigenvalue weighted by Gasteiger charge is -2.29. The summed E-state index contributed by atoms with van der Waals surface area (Å²) >= 11 is 11.8. The first-order valence-corrected chi connectivity index (χ1v) is 8.22. The molecule has 19 heavy (non-hydrogen) atoms. The van der Waals surface area contributed by atoms with Gasteiger partial charge < -0.3 is 5.73 Å². The Balaban J connectivity index is 2.35. The molecule has 4 nitrogen and oxygen atoms in total. The number of nitrogens with one attached hydrogen (secondary N) is 1. The Kier molecular flexibility index (Phi) is 4.14. The highest BCUT2D eigenvalue weighted by molar-refractivity contribution is 7.89. The molecular weight excluding hydrogens is 307 g/mol. The summed E-state index contributed by atoms with van der Waals surface area (Å²) in [5.74, 6) is 0.283. The van der Waals surface area contributed by atoms with Gasteiger partial charge in [0.05, 0.1) is 10.0 Å². The molecule has 1 fully saturated rings. The molecule has 1 aromatic carbocycles. The van der Waals surface area contributed by atoms with Crippen molar-refractivity contribution in [3.05, 3.63) is 28.2 Å². The van der Waals surface area contributed by atoms with Crippen LogP contribution in [-0.2, 0) is 10.0 Å². The van der Waals surface area contributed by atoms with Crippen LogP contribution in [0.15, 0.2) is 23.1 Å². The van der Waals surface area contributed by atoms with Crippen LogP contribution in [0, 0.1) is 5.92 Å². The lowest BCUT2D eigenvalue weighted by Crippen LogP contribution is -2.53. The van der Waals surface area contributed by atoms with Crippen LogP contribution in [0.5, 0.6) is 0 Å². The average Bonchev–Trinajstić information content (AvgIpc) is 3.16. The van der Waals surface area contributed by atoms with E-state index in [2.05, 4.69) is 4.72 Å². The maximum absolute atomic E-state index is 12.4. The topological polar surface area (TPSA) is 72.2 Å². The Morgan fingerprint density at radius 2 is 2.05 bits per heavy atom. The Bertz CT molecular complexity index is 587. The van der Waals surface area contributed by atoms with Crippen LogP contribution in [0.2, 0.25) is 10.0 Å². The van der Waals surface area contributed by atoms with E-state index in [0.717, 1.165) is 12.8 Å². The molecule has 1 aliphatic rings. The zero-order chi connectivity index (χ0) is 14.3. The summed E-state index contributed by atoms with van der Waals surface area (Å²) in [6.45, 7) is 2.07. The fourth-order valence-electron chi connectivity index (χ4n) is 2.07. The number of halogens is 2. The van der Waals surface area contributed by atoms with Gasteiger partial charge in [0.15, 0.2) is 0 Å². The zero-order valence-electron chi connectivity index (χ0n) is 10.5. The molecule has 0 bridgehead atoms. The number of hydrogen-bond acceptors (Lipinski definition) is 3. The number of nitrogens with two attached hydrogens (primary N) is 1. The van der Waals surface area contributed by atoms with Crippen molar-refractivity contribution >= 4 is 33.2 Å². The van der Waals surface area contributed by atoms with Crippen molar-refractivity contribution in [3.63, 3.8) is 0 Å². The highest BCUT2D eigenvalue weighted by atomic mass is 35.5. The van der Waals surface area contributed by atoms with Gasteiger partial charge in [0.25, 0.3) is 0 Å². The lowest BCUT2D eigenvalue weighted by molar-refractivity contribution is 0.374. The summed E-state index contributed by atoms with van der Waals surface area (Å²) in [6, 6.07) is 4.53. The van der Waals surface area contributed by atoms with Crippen molar-refractivity contribution in [1.82, 2.24) is 4.72 Å². The predicted octanol–water partition coefficient (Wildman–Crippen LogP) is 2.40. The molecule has 0 saturated heterocycles. The molecule has 1 aromatic rings. The summed E-state index contributed by atoms with van der Waals surface area (Å²) in [5.41, 5.74) is 5.08. The van der Waals surface area contributed by atoms with Gasteiger partial charge in [-0.05, 0) is 37.8 Å². The van der Waals surface area contributed by atoms with Gasteiger partial charge in [-0.25, -0.2) is 13.1 Å². The minimum atomic E-state index is -3.73. The third-order valence-electron chi connectivity index (χ3n) is 3.48. The van der Waals surface area contributed by atoms with E-state index in [0.29, 0.717) is 0 Å². The van der Waals surface area contributed by atoms with Gasteiger partial charge in [0, 0.05) is 12.1 Å². The van der Waals surface area contributed by atoms with E-state index in [1.807, 2.05) is 6.92 Å². The SMILES string of the molecule is CC(CN)(NS(=O)(=O)c1cccc(Cl)c1Cl)C1CC1. The molecule has 0 aromatic heterocycles. The molecule has 0 spiro atoms. The summed E-state index contributed by atoms with van der Waals surface area (Å²) in [7, 11) is -3.73. The average molecular weight is 323 g/mol. The third-order valence-corrected chi connectivity index (χ3v) is 6.06. The lowest BCUT2D eigenvalue weighted by atomic mass is 9.98. The van der Waals surface area contributed by atoms with E-state index in [1.165, 1.54) is 6.07 Å². The summed E-state index contributed by atoms with van der Waals surface area (Å²) < 4.78 is 27.5. The van der Waals surface area contributed by atoms with Crippen molar-refractivity contribution in [2.45, 2.75) is 30.2 Å². The molecular formula is C12H16Cl2N2O2S. The molecule has 1 aliphatic carbocycles. The first-order chi connectivity index (χ1) is 8.80. The maximum Gasteiger partial charge on any atom is 0.242 e. The fourth-order valence-corrected chi connectivity index (χ4v) is 4.30. The predicted molar refractivity (Wildman–Crippen MR) is 77.0 cm³/mol. The first-order valence-electron chi connectivity index (χ1n) is 5.98. The van der Waals surface area contributed by atoms with Crippen LogP contribution >= 0.6 is 23.2 Å². The highest BCUT2D eigenvalue weighted by Crippen LogP contribution is 2.40. The Morgan fingerprint density at radius 3 is 2.58 bits per heavy atom. The number of rotatable bonds is 5. The fraction of sp³-hybridized carbons (Fsp3) is 0.500. The standard InChI is InChI=1S/C12H16Cl2N2O2S/c1-12(7-15,8-5-6-8)16-19(17,18)10-4-2-3-9(13)11(10)14/h2-4,8,16H,5-7,15H2,1H3. The number of hydrogen-bond donors (Lipinski definition) is 2. The second kappa shape index (κ2) is 5.22. The summed E-state index contributed by atoms with van der Waals surface area (Å²) in [6.07, 6.45) is 1.97. The van der Waals surface area contributed by atoms with Crippen molar-refractivity contribution in [3.8, 4) is 0 Å². The smallest absolute Gasteiger partial charge is 0.242 e. The first kappa shape index (κ1) is 15.1. The van der Waals surface area contributed by atoms with E-state index in [9.17, 15) is 8.42 Å². The Labute approximate surface area is 123 Å². The normalized spacial score (nSPS) is 19.2. The molecule has 1 saturated carbocycles. The molecule has 3 N–H and O–H groups in total. The van der Waals surface area contributed by atoms with Crippen molar-refractivity contribution in [2.75, 3.05) is 6.54 Å². The molecule has 1 unspecified atom stereocenters. The van der Waals surface area contributed by atoms with Gasteiger partial charge >= 0.3 is 0 Å². The minimum Gasteiger partial charge on any atom is -0.329 e. The molecule has 0 aliphatic heterocycles. The highest BCUT2D eigenvalue weighted by Gasteiger charge is 2.43. The van der Waals surface area contributed by atoms with Gasteiger partial charge in [-0.3, -0.25) is 0 Å². The van der Waals surface area contributed by atoms with Crippen molar-refractivity contribution in [1.29, 1.82) is 0 Å². The van der Waals surface area contributed by atoms with E-state index < -0.39 is 15.6 Å². The van der Waals surface area contributed by atoms with Crippen LogP contribution in [0.1, 0.15) is 19.8 Å². The molecule has 0 heterocycles. The molecule has 0 radical (unpaired) electrons. The second-order valence-electron chi connectivity index (χ2n) is 5.05. The Morgan fingerprint density at radius 1 is 1.42 bits per heavy atom. The van der Waals surface area contributed by atoms with E-state index >= 15 is 0 Å². The van der Waals surface area contributed by atoms with Crippen LogP contribution in [0.4, 0.5) is 0 Å². The molecule has 1 atom stereocenters. The van der Waals surface area contributed by atoms with E-state index in [4.69, 9.17) is 28.9 Å². The monoisotopic (exact) mass is 322 g/mol. The van der Waals surface area contributed by atoms with Crippen molar-refractivity contribution < 1.29 is 8.42 Å². The van der Waals surface area contributed by atoms with Gasteiger partial charge in [-0.2, -0.15) is 0 Å². The quantitative estimate of drug-likeness (QED) is 0.874. The van der Waals surface area contributed by atoms with E-state index in [1.54, 1.807) is 12.1 Å².